The van der Waals surface area contributed by atoms with Crippen LogP contribution in [0.5, 0.6) is 0 Å². The van der Waals surface area contributed by atoms with E-state index in [4.69, 9.17) is 23.2 Å². The zero-order valence-electron chi connectivity index (χ0n) is 10.7. The van der Waals surface area contributed by atoms with Crippen LogP contribution in [0.1, 0.15) is 37.9 Å². The lowest BCUT2D eigenvalue weighted by molar-refractivity contribution is -0.125. The Morgan fingerprint density at radius 2 is 2.26 bits per heavy atom. The first-order chi connectivity index (χ1) is 8.94. The maximum atomic E-state index is 12.0. The highest BCUT2D eigenvalue weighted by molar-refractivity contribution is 6.53. The highest BCUT2D eigenvalue weighted by Crippen LogP contribution is 2.63. The Kier molecular flexibility index (Phi) is 3.02. The standard InChI is InChI=1S/C12H16Cl2N4O/c1-11(6-12(11,13)14)10(19)15-4-5-18-7-16-17-9(18)8-2-3-8/h7-8H,2-6H2,1H3,(H,15,19)/t11-/m1/s1. The first-order valence-corrected chi connectivity index (χ1v) is 7.23. The summed E-state index contributed by atoms with van der Waals surface area (Å²) >= 11 is 12.0. The molecule has 0 radical (unpaired) electrons. The molecular formula is C12H16Cl2N4O. The number of hydrogen-bond acceptors (Lipinski definition) is 3. The van der Waals surface area contributed by atoms with Crippen LogP contribution in [0.3, 0.4) is 0 Å². The van der Waals surface area contributed by atoms with Gasteiger partial charge >= 0.3 is 0 Å². The molecular weight excluding hydrogens is 287 g/mol. The van der Waals surface area contributed by atoms with Gasteiger partial charge in [0.2, 0.25) is 5.91 Å². The molecule has 0 aromatic carbocycles. The Bertz CT molecular complexity index is 512. The third kappa shape index (κ3) is 2.34. The normalized spacial score (nSPS) is 28.2. The van der Waals surface area contributed by atoms with E-state index in [0.717, 1.165) is 5.82 Å². The summed E-state index contributed by atoms with van der Waals surface area (Å²) in [4.78, 5) is 12.0. The van der Waals surface area contributed by atoms with E-state index in [9.17, 15) is 4.79 Å². The Labute approximate surface area is 121 Å². The fraction of sp³-hybridized carbons (Fsp3) is 0.750. The molecule has 3 rings (SSSR count). The minimum absolute atomic E-state index is 0.0847. The largest absolute Gasteiger partial charge is 0.354 e. The molecule has 2 aliphatic carbocycles. The van der Waals surface area contributed by atoms with Crippen molar-refractivity contribution < 1.29 is 4.79 Å². The van der Waals surface area contributed by atoms with Crippen molar-refractivity contribution in [2.24, 2.45) is 5.41 Å². The molecule has 2 saturated carbocycles. The summed E-state index contributed by atoms with van der Waals surface area (Å²) in [6.07, 6.45) is 4.59. The molecule has 1 amide bonds. The molecule has 0 aliphatic heterocycles. The van der Waals surface area contributed by atoms with Crippen LogP contribution in [0.25, 0.3) is 0 Å². The molecule has 7 heteroatoms. The number of carbonyl (C=O) groups excluding carboxylic acids is 1. The van der Waals surface area contributed by atoms with Crippen LogP contribution in [0.4, 0.5) is 0 Å². The topological polar surface area (TPSA) is 59.8 Å². The van der Waals surface area contributed by atoms with Crippen LogP contribution in [-0.2, 0) is 11.3 Å². The number of aromatic nitrogens is 3. The maximum absolute atomic E-state index is 12.0. The molecule has 0 bridgehead atoms. The van der Waals surface area contributed by atoms with Gasteiger partial charge in [0.25, 0.3) is 0 Å². The molecule has 1 N–H and O–H groups in total. The number of rotatable bonds is 5. The van der Waals surface area contributed by atoms with E-state index in [2.05, 4.69) is 15.5 Å². The van der Waals surface area contributed by atoms with Gasteiger partial charge in [0.1, 0.15) is 16.5 Å². The smallest absolute Gasteiger partial charge is 0.229 e. The third-order valence-electron chi connectivity index (χ3n) is 3.99. The predicted octanol–water partition coefficient (Wildman–Crippen LogP) is 1.86. The SMILES string of the molecule is C[C@]1(C(=O)NCCn2cnnc2C2CC2)CC1(Cl)Cl. The average Bonchev–Trinajstić information content (AvgIpc) is 3.20. The summed E-state index contributed by atoms with van der Waals surface area (Å²) < 4.78 is 1.09. The van der Waals surface area contributed by atoms with Gasteiger partial charge in [-0.1, -0.05) is 0 Å². The fourth-order valence-corrected chi connectivity index (χ4v) is 2.93. The molecule has 0 unspecified atom stereocenters. The number of nitrogens with one attached hydrogen (secondary N) is 1. The van der Waals surface area contributed by atoms with Gasteiger partial charge in [-0.15, -0.1) is 33.4 Å². The van der Waals surface area contributed by atoms with Crippen LogP contribution in [-0.4, -0.2) is 31.5 Å². The quantitative estimate of drug-likeness (QED) is 0.845. The van der Waals surface area contributed by atoms with Crippen LogP contribution >= 0.6 is 23.2 Å². The van der Waals surface area contributed by atoms with Crippen LogP contribution in [0, 0.1) is 5.41 Å². The second kappa shape index (κ2) is 4.35. The first kappa shape index (κ1) is 13.2. The van der Waals surface area contributed by atoms with E-state index in [1.54, 1.807) is 13.3 Å². The summed E-state index contributed by atoms with van der Waals surface area (Å²) in [7, 11) is 0. The lowest BCUT2D eigenvalue weighted by atomic mass is 10.1. The first-order valence-electron chi connectivity index (χ1n) is 6.48. The molecule has 1 aromatic heterocycles. The van der Waals surface area contributed by atoms with Gasteiger partial charge in [-0.05, 0) is 26.2 Å². The second-order valence-corrected chi connectivity index (χ2v) is 7.11. The molecule has 2 fully saturated rings. The van der Waals surface area contributed by atoms with Crippen molar-refractivity contribution in [1.29, 1.82) is 0 Å². The molecule has 104 valence electrons. The van der Waals surface area contributed by atoms with Gasteiger partial charge in [-0.2, -0.15) is 0 Å². The number of nitrogens with zero attached hydrogens (tertiary/aromatic N) is 3. The lowest BCUT2D eigenvalue weighted by Gasteiger charge is -2.13. The van der Waals surface area contributed by atoms with Crippen molar-refractivity contribution in [2.45, 2.75) is 43.0 Å². The number of alkyl halides is 2. The van der Waals surface area contributed by atoms with Gasteiger partial charge in [-0.3, -0.25) is 4.79 Å². The number of amides is 1. The van der Waals surface area contributed by atoms with Gasteiger partial charge in [0, 0.05) is 19.0 Å². The lowest BCUT2D eigenvalue weighted by Crippen LogP contribution is -2.35. The Morgan fingerprint density at radius 1 is 1.58 bits per heavy atom. The van der Waals surface area contributed by atoms with Crippen LogP contribution in [0.15, 0.2) is 6.33 Å². The van der Waals surface area contributed by atoms with Gasteiger partial charge in [0.05, 0.1) is 5.41 Å². The number of carbonyl (C=O) groups is 1. The van der Waals surface area contributed by atoms with Crippen molar-refractivity contribution in [2.75, 3.05) is 6.54 Å². The monoisotopic (exact) mass is 302 g/mol. The van der Waals surface area contributed by atoms with Crippen molar-refractivity contribution in [1.82, 2.24) is 20.1 Å². The summed E-state index contributed by atoms with van der Waals surface area (Å²) in [5.74, 6) is 1.49. The van der Waals surface area contributed by atoms with Gasteiger partial charge in [-0.25, -0.2) is 0 Å². The van der Waals surface area contributed by atoms with Crippen LogP contribution < -0.4 is 5.32 Å². The molecule has 19 heavy (non-hydrogen) atoms. The summed E-state index contributed by atoms with van der Waals surface area (Å²) in [6, 6.07) is 0. The minimum atomic E-state index is -0.910. The van der Waals surface area contributed by atoms with E-state index < -0.39 is 9.75 Å². The third-order valence-corrected chi connectivity index (χ3v) is 5.09. The zero-order chi connectivity index (χ0) is 13.7. The fourth-order valence-electron chi connectivity index (χ4n) is 2.23. The second-order valence-electron chi connectivity index (χ2n) is 5.63. The molecule has 0 saturated heterocycles. The van der Waals surface area contributed by atoms with Crippen molar-refractivity contribution in [3.63, 3.8) is 0 Å². The Hall–Kier alpha value is -0.810. The van der Waals surface area contributed by atoms with Crippen molar-refractivity contribution >= 4 is 29.1 Å². The Balaban J connectivity index is 1.51. The predicted molar refractivity (Wildman–Crippen MR) is 72.2 cm³/mol. The molecule has 2 aliphatic rings. The molecule has 1 heterocycles. The number of hydrogen-bond donors (Lipinski definition) is 1. The van der Waals surface area contributed by atoms with Gasteiger partial charge < -0.3 is 9.88 Å². The zero-order valence-corrected chi connectivity index (χ0v) is 12.2. The highest BCUT2D eigenvalue weighted by atomic mass is 35.5. The van der Waals surface area contributed by atoms with Crippen LogP contribution in [0.2, 0.25) is 0 Å². The highest BCUT2D eigenvalue weighted by Gasteiger charge is 2.67. The van der Waals surface area contributed by atoms with E-state index in [0.29, 0.717) is 25.4 Å². The van der Waals surface area contributed by atoms with E-state index in [1.807, 2.05) is 4.57 Å². The van der Waals surface area contributed by atoms with Gasteiger partial charge in [0.15, 0.2) is 0 Å². The minimum Gasteiger partial charge on any atom is -0.354 e. The Morgan fingerprint density at radius 3 is 2.84 bits per heavy atom. The summed E-state index contributed by atoms with van der Waals surface area (Å²) in [5.41, 5.74) is -0.650. The van der Waals surface area contributed by atoms with E-state index >= 15 is 0 Å². The molecule has 5 nitrogen and oxygen atoms in total. The molecule has 1 atom stereocenters. The molecule has 0 spiro atoms. The van der Waals surface area contributed by atoms with E-state index in [-0.39, 0.29) is 5.91 Å². The number of halogens is 2. The summed E-state index contributed by atoms with van der Waals surface area (Å²) in [5, 5.41) is 10.9. The van der Waals surface area contributed by atoms with E-state index in [1.165, 1.54) is 12.8 Å². The maximum Gasteiger partial charge on any atom is 0.229 e. The summed E-state index contributed by atoms with van der Waals surface area (Å²) in [6.45, 7) is 3.00. The molecule has 1 aromatic rings. The van der Waals surface area contributed by atoms with Crippen molar-refractivity contribution in [3.8, 4) is 0 Å². The van der Waals surface area contributed by atoms with Crippen molar-refractivity contribution in [3.05, 3.63) is 12.2 Å². The average molecular weight is 303 g/mol.